The Kier molecular flexibility index (Phi) is 9.51. The molecule has 1 amide bonds. The van der Waals surface area contributed by atoms with Gasteiger partial charge in [-0.2, -0.15) is 0 Å². The molecule has 0 aliphatic rings. The van der Waals surface area contributed by atoms with Crippen LogP contribution in [0.1, 0.15) is 22.0 Å². The van der Waals surface area contributed by atoms with Crippen LogP contribution in [0.2, 0.25) is 0 Å². The van der Waals surface area contributed by atoms with Crippen LogP contribution in [0.15, 0.2) is 4.99 Å². The van der Waals surface area contributed by atoms with E-state index in [2.05, 4.69) is 27.5 Å². The van der Waals surface area contributed by atoms with Crippen molar-refractivity contribution in [1.29, 1.82) is 0 Å². The second-order valence-electron chi connectivity index (χ2n) is 4.64. The molecule has 2 N–H and O–H groups in total. The van der Waals surface area contributed by atoms with Gasteiger partial charge >= 0.3 is 0 Å². The smallest absolute Gasteiger partial charge is 0.223 e. The predicted octanol–water partition coefficient (Wildman–Crippen LogP) is 1.52. The third kappa shape index (κ3) is 7.07. The van der Waals surface area contributed by atoms with E-state index in [1.165, 1.54) is 4.88 Å². The van der Waals surface area contributed by atoms with Crippen molar-refractivity contribution in [3.05, 3.63) is 15.6 Å². The van der Waals surface area contributed by atoms with Gasteiger partial charge in [-0.15, -0.1) is 35.3 Å². The maximum Gasteiger partial charge on any atom is 0.223 e. The van der Waals surface area contributed by atoms with Crippen LogP contribution in [0.3, 0.4) is 0 Å². The SMILES string of the molecule is CN=C(NCCC(=O)N(C)C)NCc1nc(C)c(C)s1.I. The van der Waals surface area contributed by atoms with E-state index in [9.17, 15) is 4.79 Å². The van der Waals surface area contributed by atoms with Crippen LogP contribution in [0.5, 0.6) is 0 Å². The van der Waals surface area contributed by atoms with Gasteiger partial charge in [-0.3, -0.25) is 9.79 Å². The molecule has 0 fully saturated rings. The summed E-state index contributed by atoms with van der Waals surface area (Å²) in [5, 5.41) is 7.34. The van der Waals surface area contributed by atoms with Crippen molar-refractivity contribution in [3.8, 4) is 0 Å². The number of nitrogens with one attached hydrogen (secondary N) is 2. The van der Waals surface area contributed by atoms with Crippen LogP contribution in [0.25, 0.3) is 0 Å². The average molecular weight is 425 g/mol. The highest BCUT2D eigenvalue weighted by molar-refractivity contribution is 14.0. The van der Waals surface area contributed by atoms with Gasteiger partial charge in [-0.05, 0) is 13.8 Å². The van der Waals surface area contributed by atoms with E-state index < -0.39 is 0 Å². The lowest BCUT2D eigenvalue weighted by Gasteiger charge is -2.13. The number of aryl methyl sites for hydroxylation is 2. The molecule has 21 heavy (non-hydrogen) atoms. The Morgan fingerprint density at radius 3 is 2.48 bits per heavy atom. The number of carbonyl (C=O) groups excluding carboxylic acids is 1. The van der Waals surface area contributed by atoms with Crippen molar-refractivity contribution < 1.29 is 4.79 Å². The lowest BCUT2D eigenvalue weighted by atomic mass is 10.4. The third-order valence-corrected chi connectivity index (χ3v) is 3.91. The molecular formula is C13H24IN5OS. The van der Waals surface area contributed by atoms with Crippen LogP contribution in [-0.2, 0) is 11.3 Å². The molecule has 120 valence electrons. The monoisotopic (exact) mass is 425 g/mol. The second kappa shape index (κ2) is 9.93. The van der Waals surface area contributed by atoms with Gasteiger partial charge in [0, 0.05) is 39.0 Å². The number of hydrogen-bond donors (Lipinski definition) is 2. The maximum absolute atomic E-state index is 11.4. The Labute approximate surface area is 147 Å². The minimum Gasteiger partial charge on any atom is -0.356 e. The van der Waals surface area contributed by atoms with Gasteiger partial charge in [0.2, 0.25) is 5.91 Å². The summed E-state index contributed by atoms with van der Waals surface area (Å²) in [6.07, 6.45) is 0.448. The zero-order valence-corrected chi connectivity index (χ0v) is 16.3. The first-order valence-corrected chi connectivity index (χ1v) is 7.33. The summed E-state index contributed by atoms with van der Waals surface area (Å²) in [5.74, 6) is 0.779. The molecule has 0 atom stereocenters. The summed E-state index contributed by atoms with van der Waals surface area (Å²) < 4.78 is 0. The number of aliphatic imine (C=N–C) groups is 1. The molecular weight excluding hydrogens is 401 g/mol. The predicted molar refractivity (Wildman–Crippen MR) is 98.5 cm³/mol. The second-order valence-corrected chi connectivity index (χ2v) is 5.93. The summed E-state index contributed by atoms with van der Waals surface area (Å²) in [7, 11) is 5.21. The first-order chi connectivity index (χ1) is 9.43. The number of hydrogen-bond acceptors (Lipinski definition) is 4. The largest absolute Gasteiger partial charge is 0.356 e. The van der Waals surface area contributed by atoms with Gasteiger partial charge in [0.15, 0.2) is 5.96 Å². The van der Waals surface area contributed by atoms with E-state index in [1.807, 2.05) is 6.92 Å². The number of thiazole rings is 1. The molecule has 0 bridgehead atoms. The Morgan fingerprint density at radius 2 is 2.00 bits per heavy atom. The fraction of sp³-hybridized carbons (Fsp3) is 0.615. The molecule has 0 aliphatic carbocycles. The molecule has 0 unspecified atom stereocenters. The summed E-state index contributed by atoms with van der Waals surface area (Å²) in [6.45, 7) is 5.28. The molecule has 1 aromatic heterocycles. The van der Waals surface area contributed by atoms with E-state index in [4.69, 9.17) is 0 Å². The van der Waals surface area contributed by atoms with E-state index >= 15 is 0 Å². The van der Waals surface area contributed by atoms with Crippen molar-refractivity contribution in [2.75, 3.05) is 27.7 Å². The lowest BCUT2D eigenvalue weighted by molar-refractivity contribution is -0.128. The fourth-order valence-electron chi connectivity index (χ4n) is 1.51. The highest BCUT2D eigenvalue weighted by atomic mass is 127. The van der Waals surface area contributed by atoms with Crippen molar-refractivity contribution in [3.63, 3.8) is 0 Å². The number of aromatic nitrogens is 1. The van der Waals surface area contributed by atoms with Crippen LogP contribution in [0, 0.1) is 13.8 Å². The Morgan fingerprint density at radius 1 is 1.33 bits per heavy atom. The summed E-state index contributed by atoms with van der Waals surface area (Å²) in [4.78, 5) is 22.9. The van der Waals surface area contributed by atoms with Gasteiger partial charge in [0.25, 0.3) is 0 Å². The van der Waals surface area contributed by atoms with Gasteiger partial charge in [-0.25, -0.2) is 4.98 Å². The summed E-state index contributed by atoms with van der Waals surface area (Å²) in [6, 6.07) is 0. The highest BCUT2D eigenvalue weighted by Crippen LogP contribution is 2.15. The quantitative estimate of drug-likeness (QED) is 0.427. The molecule has 1 heterocycles. The molecule has 0 aromatic carbocycles. The van der Waals surface area contributed by atoms with Gasteiger partial charge in [0.1, 0.15) is 5.01 Å². The Bertz CT molecular complexity index is 467. The minimum absolute atomic E-state index is 0. The lowest BCUT2D eigenvalue weighted by Crippen LogP contribution is -2.38. The molecule has 0 aliphatic heterocycles. The number of carbonyl (C=O) groups is 1. The molecule has 0 radical (unpaired) electrons. The number of amides is 1. The molecule has 0 saturated carbocycles. The fourth-order valence-corrected chi connectivity index (χ4v) is 2.38. The number of nitrogens with zero attached hydrogens (tertiary/aromatic N) is 3. The molecule has 0 saturated heterocycles. The van der Waals surface area contributed by atoms with Crippen LogP contribution in [0.4, 0.5) is 0 Å². The third-order valence-electron chi connectivity index (χ3n) is 2.83. The van der Waals surface area contributed by atoms with Crippen molar-refractivity contribution in [1.82, 2.24) is 20.5 Å². The standard InChI is InChI=1S/C13H23N5OS.HI/c1-9-10(2)20-11(17-9)8-16-13(14-3)15-7-6-12(19)18(4)5;/h6-8H2,1-5H3,(H2,14,15,16);1H. The van der Waals surface area contributed by atoms with Crippen molar-refractivity contribution in [2.24, 2.45) is 4.99 Å². The van der Waals surface area contributed by atoms with E-state index in [-0.39, 0.29) is 29.9 Å². The highest BCUT2D eigenvalue weighted by Gasteiger charge is 2.06. The summed E-state index contributed by atoms with van der Waals surface area (Å²) >= 11 is 1.68. The van der Waals surface area contributed by atoms with E-state index in [0.717, 1.165) is 10.7 Å². The molecule has 1 rings (SSSR count). The van der Waals surface area contributed by atoms with Gasteiger partial charge in [-0.1, -0.05) is 0 Å². The van der Waals surface area contributed by atoms with Gasteiger partial charge in [0.05, 0.1) is 12.2 Å². The Balaban J connectivity index is 0.00000400. The molecule has 1 aromatic rings. The van der Waals surface area contributed by atoms with Crippen LogP contribution in [-0.4, -0.2) is 49.4 Å². The zero-order chi connectivity index (χ0) is 15.1. The topological polar surface area (TPSA) is 69.6 Å². The maximum atomic E-state index is 11.4. The van der Waals surface area contributed by atoms with E-state index in [1.54, 1.807) is 37.4 Å². The first kappa shape index (κ1) is 20.1. The Hall–Kier alpha value is -0.900. The van der Waals surface area contributed by atoms with E-state index in [0.29, 0.717) is 25.5 Å². The van der Waals surface area contributed by atoms with Crippen molar-refractivity contribution >= 4 is 47.2 Å². The van der Waals surface area contributed by atoms with Crippen molar-refractivity contribution in [2.45, 2.75) is 26.8 Å². The molecule has 8 heteroatoms. The normalized spacial score (nSPS) is 10.8. The number of halogens is 1. The summed E-state index contributed by atoms with van der Waals surface area (Å²) in [5.41, 5.74) is 1.08. The van der Waals surface area contributed by atoms with Crippen LogP contribution < -0.4 is 10.6 Å². The van der Waals surface area contributed by atoms with Gasteiger partial charge < -0.3 is 15.5 Å². The molecule has 6 nitrogen and oxygen atoms in total. The average Bonchev–Trinajstić information content (AvgIpc) is 2.72. The first-order valence-electron chi connectivity index (χ1n) is 6.51. The number of rotatable bonds is 5. The zero-order valence-electron chi connectivity index (χ0n) is 13.2. The molecule has 0 spiro atoms. The minimum atomic E-state index is 0. The number of guanidine groups is 1. The van der Waals surface area contributed by atoms with Crippen LogP contribution >= 0.6 is 35.3 Å².